The van der Waals surface area contributed by atoms with Crippen molar-refractivity contribution in [2.45, 2.75) is 19.9 Å². The number of anilines is 1. The molecule has 1 aromatic heterocycles. The van der Waals surface area contributed by atoms with Crippen LogP contribution in [0.3, 0.4) is 0 Å². The summed E-state index contributed by atoms with van der Waals surface area (Å²) in [6.07, 6.45) is 0.936. The number of carbonyl (C=O) groups is 1. The molecule has 1 N–H and O–H groups in total. The van der Waals surface area contributed by atoms with E-state index in [1.54, 1.807) is 32.7 Å². The first-order valence-corrected chi connectivity index (χ1v) is 11.3. The van der Waals surface area contributed by atoms with E-state index in [1.165, 1.54) is 0 Å². The molecule has 2 aromatic carbocycles. The highest BCUT2D eigenvalue weighted by Crippen LogP contribution is 2.35. The Labute approximate surface area is 193 Å². The van der Waals surface area contributed by atoms with E-state index in [0.29, 0.717) is 23.7 Å². The highest BCUT2D eigenvalue weighted by molar-refractivity contribution is 7.13. The summed E-state index contributed by atoms with van der Waals surface area (Å²) >= 11 is 1.56. The quantitative estimate of drug-likeness (QED) is 0.452. The molecule has 1 amide bonds. The molecular formula is C24H29N3O4S. The van der Waals surface area contributed by atoms with Crippen LogP contribution >= 0.6 is 11.3 Å². The van der Waals surface area contributed by atoms with Crippen LogP contribution in [-0.4, -0.2) is 50.2 Å². The highest BCUT2D eigenvalue weighted by Gasteiger charge is 2.16. The minimum Gasteiger partial charge on any atom is -0.497 e. The number of aromatic nitrogens is 1. The Bertz CT molecular complexity index is 1040. The summed E-state index contributed by atoms with van der Waals surface area (Å²) in [7, 11) is 4.85. The summed E-state index contributed by atoms with van der Waals surface area (Å²) in [6.45, 7) is 3.74. The van der Waals surface area contributed by atoms with Crippen molar-refractivity contribution in [1.82, 2.24) is 9.88 Å². The number of hydrogen-bond donors (Lipinski definition) is 1. The van der Waals surface area contributed by atoms with Gasteiger partial charge in [-0.1, -0.05) is 19.1 Å². The van der Waals surface area contributed by atoms with Crippen LogP contribution in [0, 0.1) is 0 Å². The average molecular weight is 456 g/mol. The number of hydrogen-bond acceptors (Lipinski definition) is 7. The second kappa shape index (κ2) is 11.5. The molecule has 0 radical (unpaired) electrons. The van der Waals surface area contributed by atoms with Gasteiger partial charge in [-0.15, -0.1) is 11.3 Å². The molecule has 32 heavy (non-hydrogen) atoms. The van der Waals surface area contributed by atoms with E-state index in [4.69, 9.17) is 19.2 Å². The third kappa shape index (κ3) is 5.99. The monoisotopic (exact) mass is 455 g/mol. The molecule has 0 aliphatic rings. The molecule has 0 unspecified atom stereocenters. The molecule has 3 aromatic rings. The maximum absolute atomic E-state index is 12.7. The first-order chi connectivity index (χ1) is 15.6. The Kier molecular flexibility index (Phi) is 8.47. The summed E-state index contributed by atoms with van der Waals surface area (Å²) in [5.41, 5.74) is 2.50. The lowest BCUT2D eigenvalue weighted by atomic mass is 10.2. The van der Waals surface area contributed by atoms with Crippen LogP contribution in [0.25, 0.3) is 10.6 Å². The number of methoxy groups -OCH3 is 3. The average Bonchev–Trinajstić information content (AvgIpc) is 3.27. The number of nitrogens with one attached hydrogen (secondary N) is 1. The molecule has 0 saturated heterocycles. The van der Waals surface area contributed by atoms with Gasteiger partial charge in [-0.2, -0.15) is 0 Å². The smallest absolute Gasteiger partial charge is 0.238 e. The lowest BCUT2D eigenvalue weighted by molar-refractivity contribution is -0.117. The third-order valence-electron chi connectivity index (χ3n) is 4.86. The molecule has 3 rings (SSSR count). The van der Waals surface area contributed by atoms with Crippen LogP contribution in [0.15, 0.2) is 47.8 Å². The van der Waals surface area contributed by atoms with E-state index in [-0.39, 0.29) is 12.5 Å². The van der Waals surface area contributed by atoms with Gasteiger partial charge in [0.15, 0.2) is 0 Å². The molecule has 0 atom stereocenters. The molecule has 0 spiro atoms. The largest absolute Gasteiger partial charge is 0.497 e. The molecular weight excluding hydrogens is 426 g/mol. The molecule has 0 aliphatic carbocycles. The highest BCUT2D eigenvalue weighted by atomic mass is 32.1. The summed E-state index contributed by atoms with van der Waals surface area (Å²) in [4.78, 5) is 19.6. The number of carbonyl (C=O) groups excluding carboxylic acids is 1. The second-order valence-corrected chi connectivity index (χ2v) is 8.03. The molecule has 7 nitrogen and oxygen atoms in total. The van der Waals surface area contributed by atoms with E-state index in [9.17, 15) is 4.79 Å². The van der Waals surface area contributed by atoms with E-state index in [2.05, 4.69) is 17.1 Å². The topological polar surface area (TPSA) is 72.9 Å². The fourth-order valence-corrected chi connectivity index (χ4v) is 4.22. The summed E-state index contributed by atoms with van der Waals surface area (Å²) in [5, 5.41) is 5.84. The summed E-state index contributed by atoms with van der Waals surface area (Å²) in [5.74, 6) is 2.00. The maximum atomic E-state index is 12.7. The van der Waals surface area contributed by atoms with Gasteiger partial charge in [-0.05, 0) is 37.2 Å². The van der Waals surface area contributed by atoms with Crippen molar-refractivity contribution in [3.8, 4) is 27.8 Å². The van der Waals surface area contributed by atoms with Gasteiger partial charge in [0, 0.05) is 18.0 Å². The minimum atomic E-state index is -0.0878. The number of thiazole rings is 1. The lowest BCUT2D eigenvalue weighted by Gasteiger charge is -2.20. The zero-order valence-electron chi connectivity index (χ0n) is 18.9. The van der Waals surface area contributed by atoms with Gasteiger partial charge in [0.05, 0.1) is 44.8 Å². The number of ether oxygens (including phenoxy) is 3. The van der Waals surface area contributed by atoms with Gasteiger partial charge in [0.25, 0.3) is 0 Å². The van der Waals surface area contributed by atoms with Crippen molar-refractivity contribution in [2.75, 3.05) is 39.7 Å². The molecule has 0 saturated carbocycles. The zero-order chi connectivity index (χ0) is 22.9. The Morgan fingerprint density at radius 1 is 1.06 bits per heavy atom. The van der Waals surface area contributed by atoms with Crippen molar-refractivity contribution in [1.29, 1.82) is 0 Å². The van der Waals surface area contributed by atoms with Crippen LogP contribution in [0.1, 0.15) is 19.0 Å². The number of para-hydroxylation sites is 2. The summed E-state index contributed by atoms with van der Waals surface area (Å²) < 4.78 is 16.1. The molecule has 8 heteroatoms. The van der Waals surface area contributed by atoms with Crippen LogP contribution in [0.2, 0.25) is 0 Å². The maximum Gasteiger partial charge on any atom is 0.238 e. The van der Waals surface area contributed by atoms with E-state index in [1.807, 2.05) is 47.8 Å². The van der Waals surface area contributed by atoms with Crippen molar-refractivity contribution < 1.29 is 19.0 Å². The molecule has 0 aliphatic heterocycles. The number of nitrogens with zero attached hydrogens (tertiary/aromatic N) is 2. The predicted octanol–water partition coefficient (Wildman–Crippen LogP) is 4.69. The van der Waals surface area contributed by atoms with Gasteiger partial charge in [0.2, 0.25) is 5.91 Å². The van der Waals surface area contributed by atoms with Crippen LogP contribution in [-0.2, 0) is 11.3 Å². The van der Waals surface area contributed by atoms with Gasteiger partial charge in [-0.3, -0.25) is 9.69 Å². The van der Waals surface area contributed by atoms with Crippen molar-refractivity contribution in [3.63, 3.8) is 0 Å². The zero-order valence-corrected chi connectivity index (χ0v) is 19.7. The Morgan fingerprint density at radius 2 is 1.84 bits per heavy atom. The van der Waals surface area contributed by atoms with Gasteiger partial charge >= 0.3 is 0 Å². The fraction of sp³-hybridized carbons (Fsp3) is 0.333. The molecule has 0 bridgehead atoms. The Morgan fingerprint density at radius 3 is 2.56 bits per heavy atom. The first-order valence-electron chi connectivity index (χ1n) is 10.4. The number of amides is 1. The molecule has 170 valence electrons. The van der Waals surface area contributed by atoms with E-state index in [0.717, 1.165) is 35.0 Å². The number of rotatable bonds is 11. The third-order valence-corrected chi connectivity index (χ3v) is 5.79. The van der Waals surface area contributed by atoms with Crippen molar-refractivity contribution in [2.24, 2.45) is 0 Å². The normalized spacial score (nSPS) is 10.8. The lowest BCUT2D eigenvalue weighted by Crippen LogP contribution is -2.33. The van der Waals surface area contributed by atoms with Gasteiger partial charge < -0.3 is 19.5 Å². The standard InChI is InChI=1S/C24H29N3O4S/c1-5-12-27(15-23(28)26-20-8-6-7-9-21(20)30-3)14-17-16-32-24(25-17)19-11-10-18(29-2)13-22(19)31-4/h6-11,13,16H,5,12,14-15H2,1-4H3,(H,26,28). The van der Waals surface area contributed by atoms with Crippen molar-refractivity contribution in [3.05, 3.63) is 53.5 Å². The van der Waals surface area contributed by atoms with Crippen LogP contribution < -0.4 is 19.5 Å². The first kappa shape index (κ1) is 23.6. The second-order valence-electron chi connectivity index (χ2n) is 7.17. The summed E-state index contributed by atoms with van der Waals surface area (Å²) in [6, 6.07) is 13.1. The minimum absolute atomic E-state index is 0.0878. The van der Waals surface area contributed by atoms with Crippen LogP contribution in [0.4, 0.5) is 5.69 Å². The van der Waals surface area contributed by atoms with Crippen LogP contribution in [0.5, 0.6) is 17.2 Å². The van der Waals surface area contributed by atoms with Gasteiger partial charge in [-0.25, -0.2) is 4.98 Å². The van der Waals surface area contributed by atoms with Crippen molar-refractivity contribution >= 4 is 22.9 Å². The van der Waals surface area contributed by atoms with Gasteiger partial charge in [0.1, 0.15) is 22.3 Å². The Hall–Kier alpha value is -3.10. The SMILES string of the molecule is CCCN(CC(=O)Nc1ccccc1OC)Cc1csc(-c2ccc(OC)cc2OC)n1. The number of benzene rings is 2. The predicted molar refractivity (Wildman–Crippen MR) is 128 cm³/mol. The molecule has 1 heterocycles. The molecule has 0 fully saturated rings. The Balaban J connectivity index is 1.69. The van der Waals surface area contributed by atoms with E-state index >= 15 is 0 Å². The van der Waals surface area contributed by atoms with E-state index < -0.39 is 0 Å². The fourth-order valence-electron chi connectivity index (χ4n) is 3.38.